The number of halogens is 1. The second-order valence-corrected chi connectivity index (χ2v) is 5.19. The van der Waals surface area contributed by atoms with E-state index in [1.54, 1.807) is 6.21 Å². The largest absolute Gasteiger partial charge is 0.325 e. The summed E-state index contributed by atoms with van der Waals surface area (Å²) in [5.41, 5.74) is 3.56. The van der Waals surface area contributed by atoms with Crippen molar-refractivity contribution in [2.75, 3.05) is 5.32 Å². The van der Waals surface area contributed by atoms with Crippen LogP contribution in [-0.4, -0.2) is 12.1 Å². The Kier molecular flexibility index (Phi) is 3.28. The summed E-state index contributed by atoms with van der Waals surface area (Å²) in [6, 6.07) is 13.3. The molecule has 1 aliphatic rings. The molecule has 3 nitrogen and oxygen atoms in total. The quantitative estimate of drug-likeness (QED) is 0.829. The fourth-order valence-corrected chi connectivity index (χ4v) is 2.54. The van der Waals surface area contributed by atoms with Crippen LogP contribution in [0.5, 0.6) is 0 Å². The summed E-state index contributed by atoms with van der Waals surface area (Å²) in [6.07, 6.45) is 1.65. The van der Waals surface area contributed by atoms with Crippen molar-refractivity contribution in [1.82, 2.24) is 0 Å². The van der Waals surface area contributed by atoms with Gasteiger partial charge in [-0.05, 0) is 36.2 Å². The third kappa shape index (κ3) is 2.32. The molecule has 4 heteroatoms. The van der Waals surface area contributed by atoms with Crippen molar-refractivity contribution >= 4 is 35.1 Å². The Labute approximate surface area is 122 Å². The number of aryl methyl sites for hydroxylation is 1. The molecule has 1 aliphatic heterocycles. The summed E-state index contributed by atoms with van der Waals surface area (Å²) in [7, 11) is 0. The Morgan fingerprint density at radius 3 is 2.85 bits per heavy atom. The number of benzene rings is 2. The number of aliphatic imine (C=N–C) groups is 1. The lowest BCUT2D eigenvalue weighted by molar-refractivity contribution is -0.115. The van der Waals surface area contributed by atoms with Gasteiger partial charge in [0, 0.05) is 11.9 Å². The maximum atomic E-state index is 12.0. The van der Waals surface area contributed by atoms with Crippen LogP contribution in [-0.2, 0) is 4.79 Å². The fourth-order valence-electron chi connectivity index (χ4n) is 2.25. The van der Waals surface area contributed by atoms with Gasteiger partial charge in [0.05, 0.1) is 10.7 Å². The molecule has 1 N–H and O–H groups in total. The van der Waals surface area contributed by atoms with Gasteiger partial charge < -0.3 is 5.32 Å². The second-order valence-electron chi connectivity index (χ2n) is 4.79. The molecule has 0 aromatic heterocycles. The number of nitrogens with zero attached hydrogens (tertiary/aromatic N) is 1. The predicted molar refractivity (Wildman–Crippen MR) is 82.2 cm³/mol. The van der Waals surface area contributed by atoms with Gasteiger partial charge in [0.25, 0.3) is 0 Å². The van der Waals surface area contributed by atoms with Crippen LogP contribution >= 0.6 is 11.6 Å². The number of amides is 1. The summed E-state index contributed by atoms with van der Waals surface area (Å²) in [6.45, 7) is 1.97. The molecule has 2 aromatic carbocycles. The van der Waals surface area contributed by atoms with Crippen LogP contribution in [0.3, 0.4) is 0 Å². The van der Waals surface area contributed by atoms with Crippen molar-refractivity contribution in [1.29, 1.82) is 0 Å². The molecule has 20 heavy (non-hydrogen) atoms. The number of hydrogen-bond donors (Lipinski definition) is 1. The minimum Gasteiger partial charge on any atom is -0.325 e. The minimum atomic E-state index is -0.358. The zero-order valence-electron chi connectivity index (χ0n) is 10.9. The van der Waals surface area contributed by atoms with Gasteiger partial charge in [-0.1, -0.05) is 35.9 Å². The minimum absolute atomic E-state index is 0.0572. The highest BCUT2D eigenvalue weighted by Crippen LogP contribution is 2.32. The van der Waals surface area contributed by atoms with Gasteiger partial charge in [-0.15, -0.1) is 0 Å². The molecule has 3 rings (SSSR count). The number of rotatable bonds is 2. The van der Waals surface area contributed by atoms with E-state index >= 15 is 0 Å². The van der Waals surface area contributed by atoms with E-state index in [1.807, 2.05) is 49.4 Å². The lowest BCUT2D eigenvalue weighted by atomic mass is 10.0. The molecule has 1 unspecified atom stereocenters. The van der Waals surface area contributed by atoms with E-state index in [0.29, 0.717) is 10.7 Å². The van der Waals surface area contributed by atoms with Crippen LogP contribution in [0.25, 0.3) is 0 Å². The molecule has 0 fully saturated rings. The van der Waals surface area contributed by atoms with Gasteiger partial charge in [0.1, 0.15) is 5.92 Å². The molecule has 1 heterocycles. The highest BCUT2D eigenvalue weighted by Gasteiger charge is 2.28. The highest BCUT2D eigenvalue weighted by atomic mass is 35.5. The Balaban J connectivity index is 1.91. The first-order valence-corrected chi connectivity index (χ1v) is 6.73. The standard InChI is InChI=1S/C16H13ClN2O/c1-10-6-7-15(13(17)8-10)18-9-12-11-4-2-3-5-14(11)19-16(12)20/h2-9,12H,1H3,(H,19,20). The van der Waals surface area contributed by atoms with E-state index in [0.717, 1.165) is 16.8 Å². The smallest absolute Gasteiger partial charge is 0.237 e. The van der Waals surface area contributed by atoms with E-state index in [1.165, 1.54) is 0 Å². The van der Waals surface area contributed by atoms with Gasteiger partial charge in [-0.25, -0.2) is 0 Å². The van der Waals surface area contributed by atoms with Crippen molar-refractivity contribution in [3.63, 3.8) is 0 Å². The zero-order chi connectivity index (χ0) is 14.1. The second kappa shape index (κ2) is 5.10. The molecule has 1 atom stereocenters. The Bertz CT molecular complexity index is 709. The topological polar surface area (TPSA) is 41.5 Å². The Morgan fingerprint density at radius 2 is 2.05 bits per heavy atom. The third-order valence-electron chi connectivity index (χ3n) is 3.30. The van der Waals surface area contributed by atoms with Crippen molar-refractivity contribution < 1.29 is 4.79 Å². The molecule has 0 bridgehead atoms. The molecule has 0 radical (unpaired) electrons. The Morgan fingerprint density at radius 1 is 1.25 bits per heavy atom. The molecule has 0 spiro atoms. The first kappa shape index (κ1) is 12.9. The van der Waals surface area contributed by atoms with Gasteiger partial charge in [0.2, 0.25) is 5.91 Å². The van der Waals surface area contributed by atoms with Gasteiger partial charge in [0.15, 0.2) is 0 Å². The Hall–Kier alpha value is -2.13. The molecule has 100 valence electrons. The average Bonchev–Trinajstić information content (AvgIpc) is 2.74. The van der Waals surface area contributed by atoms with E-state index in [4.69, 9.17) is 11.6 Å². The fraction of sp³-hybridized carbons (Fsp3) is 0.125. The van der Waals surface area contributed by atoms with E-state index < -0.39 is 0 Å². The lowest BCUT2D eigenvalue weighted by Gasteiger charge is -2.03. The van der Waals surface area contributed by atoms with Crippen molar-refractivity contribution in [3.8, 4) is 0 Å². The van der Waals surface area contributed by atoms with Crippen LogP contribution in [0.2, 0.25) is 5.02 Å². The maximum Gasteiger partial charge on any atom is 0.237 e. The van der Waals surface area contributed by atoms with E-state index in [2.05, 4.69) is 10.3 Å². The van der Waals surface area contributed by atoms with E-state index in [-0.39, 0.29) is 11.8 Å². The summed E-state index contributed by atoms with van der Waals surface area (Å²) >= 11 is 6.14. The summed E-state index contributed by atoms with van der Waals surface area (Å²) in [5.74, 6) is -0.415. The summed E-state index contributed by atoms with van der Waals surface area (Å²) in [5, 5.41) is 3.43. The highest BCUT2D eigenvalue weighted by molar-refractivity contribution is 6.33. The predicted octanol–water partition coefficient (Wildman–Crippen LogP) is 4.09. The van der Waals surface area contributed by atoms with Crippen molar-refractivity contribution in [2.45, 2.75) is 12.8 Å². The number of anilines is 1. The molecule has 0 saturated heterocycles. The number of carbonyl (C=O) groups excluding carboxylic acids is 1. The monoisotopic (exact) mass is 284 g/mol. The molecule has 1 amide bonds. The number of hydrogen-bond acceptors (Lipinski definition) is 2. The number of para-hydroxylation sites is 1. The van der Waals surface area contributed by atoms with Crippen LogP contribution in [0.4, 0.5) is 11.4 Å². The number of fused-ring (bicyclic) bond motifs is 1. The molecular weight excluding hydrogens is 272 g/mol. The maximum absolute atomic E-state index is 12.0. The van der Waals surface area contributed by atoms with Gasteiger partial charge >= 0.3 is 0 Å². The number of carbonyl (C=O) groups is 1. The summed E-state index contributed by atoms with van der Waals surface area (Å²) < 4.78 is 0. The van der Waals surface area contributed by atoms with Crippen molar-refractivity contribution in [2.24, 2.45) is 4.99 Å². The zero-order valence-corrected chi connectivity index (χ0v) is 11.7. The third-order valence-corrected chi connectivity index (χ3v) is 3.60. The van der Waals surface area contributed by atoms with Gasteiger partial charge in [-0.3, -0.25) is 9.79 Å². The number of nitrogens with one attached hydrogen (secondary N) is 1. The van der Waals surface area contributed by atoms with Crippen LogP contribution in [0.1, 0.15) is 17.0 Å². The van der Waals surface area contributed by atoms with Crippen molar-refractivity contribution in [3.05, 3.63) is 58.6 Å². The van der Waals surface area contributed by atoms with Crippen LogP contribution in [0.15, 0.2) is 47.5 Å². The van der Waals surface area contributed by atoms with Crippen LogP contribution in [0, 0.1) is 6.92 Å². The molecule has 2 aromatic rings. The molecule has 0 aliphatic carbocycles. The SMILES string of the molecule is Cc1ccc(N=CC2C(=O)Nc3ccccc32)c(Cl)c1. The molecular formula is C16H13ClN2O. The average molecular weight is 285 g/mol. The van der Waals surface area contributed by atoms with E-state index in [9.17, 15) is 4.79 Å². The van der Waals surface area contributed by atoms with Gasteiger partial charge in [-0.2, -0.15) is 0 Å². The first-order valence-electron chi connectivity index (χ1n) is 6.35. The normalized spacial score (nSPS) is 17.3. The first-order chi connectivity index (χ1) is 9.65. The summed E-state index contributed by atoms with van der Waals surface area (Å²) in [4.78, 5) is 16.3. The molecule has 0 saturated carbocycles. The lowest BCUT2D eigenvalue weighted by Crippen LogP contribution is -2.12. The van der Waals surface area contributed by atoms with Crippen LogP contribution < -0.4 is 5.32 Å².